The predicted octanol–water partition coefficient (Wildman–Crippen LogP) is 0.607. The molecule has 0 aromatic heterocycles. The maximum absolute atomic E-state index is 11.6. The van der Waals surface area contributed by atoms with E-state index >= 15 is 0 Å². The third-order valence-electron chi connectivity index (χ3n) is 3.88. The third kappa shape index (κ3) is 1.26. The number of nitrogens with one attached hydrogen (secondary N) is 1. The number of rotatable bonds is 0. The van der Waals surface area contributed by atoms with Crippen LogP contribution in [0.1, 0.15) is 26.2 Å². The van der Waals surface area contributed by atoms with E-state index in [1.54, 1.807) is 0 Å². The molecule has 2 fully saturated rings. The van der Waals surface area contributed by atoms with Gasteiger partial charge in [0.2, 0.25) is 5.91 Å². The van der Waals surface area contributed by atoms with Gasteiger partial charge in [-0.1, -0.05) is 0 Å². The van der Waals surface area contributed by atoms with Crippen molar-refractivity contribution in [2.45, 2.75) is 31.7 Å². The molecule has 2 heterocycles. The molecule has 2 aliphatic heterocycles. The van der Waals surface area contributed by atoms with Crippen molar-refractivity contribution in [1.82, 2.24) is 10.2 Å². The van der Waals surface area contributed by atoms with Crippen molar-refractivity contribution in [3.05, 3.63) is 0 Å². The highest BCUT2D eigenvalue weighted by molar-refractivity contribution is 5.77. The molecule has 2 rings (SSSR count). The molecule has 2 atom stereocenters. The largest absolute Gasteiger partial charge is 0.339 e. The van der Waals surface area contributed by atoms with Gasteiger partial charge in [0.25, 0.3) is 0 Å². The summed E-state index contributed by atoms with van der Waals surface area (Å²) in [4.78, 5) is 13.5. The summed E-state index contributed by atoms with van der Waals surface area (Å²) in [5.41, 5.74) is 0.0770. The molecule has 13 heavy (non-hydrogen) atoms. The Labute approximate surface area is 79.5 Å². The number of piperidine rings is 2. The molecule has 0 aliphatic carbocycles. The number of likely N-dealkylation sites (N-methyl/N-ethyl adjacent to an activating group) is 1. The topological polar surface area (TPSA) is 32.3 Å². The average molecular weight is 182 g/mol. The highest BCUT2D eigenvalue weighted by Gasteiger charge is 2.44. The molecule has 74 valence electrons. The molecule has 0 radical (unpaired) electrons. The van der Waals surface area contributed by atoms with Crippen LogP contribution in [0.4, 0.5) is 0 Å². The Bertz CT molecular complexity index is 229. The minimum atomic E-state index is 0.0770. The van der Waals surface area contributed by atoms with Crippen LogP contribution in [-0.4, -0.2) is 36.5 Å². The fourth-order valence-electron chi connectivity index (χ4n) is 2.67. The molecule has 3 heteroatoms. The molecule has 0 aromatic rings. The van der Waals surface area contributed by atoms with Gasteiger partial charge in [-0.3, -0.25) is 4.79 Å². The van der Waals surface area contributed by atoms with Crippen LogP contribution in [0.15, 0.2) is 0 Å². The number of likely N-dealkylation sites (tertiary alicyclic amines) is 1. The van der Waals surface area contributed by atoms with Gasteiger partial charge < -0.3 is 10.2 Å². The summed E-state index contributed by atoms with van der Waals surface area (Å²) in [5, 5.41) is 3.38. The molecule has 0 spiro atoms. The highest BCUT2D eigenvalue weighted by Crippen LogP contribution is 2.36. The lowest BCUT2D eigenvalue weighted by molar-refractivity contribution is -0.143. The van der Waals surface area contributed by atoms with Crippen molar-refractivity contribution in [2.24, 2.45) is 5.92 Å². The maximum Gasteiger partial charge on any atom is 0.222 e. The van der Waals surface area contributed by atoms with Crippen LogP contribution in [0, 0.1) is 5.92 Å². The van der Waals surface area contributed by atoms with E-state index in [-0.39, 0.29) is 5.54 Å². The van der Waals surface area contributed by atoms with Crippen LogP contribution < -0.4 is 5.32 Å². The van der Waals surface area contributed by atoms with E-state index in [1.165, 1.54) is 6.42 Å². The Kier molecular flexibility index (Phi) is 2.06. The van der Waals surface area contributed by atoms with Crippen molar-refractivity contribution in [3.63, 3.8) is 0 Å². The van der Waals surface area contributed by atoms with E-state index in [9.17, 15) is 4.79 Å². The zero-order chi connectivity index (χ0) is 9.47. The number of carbonyl (C=O) groups is 1. The number of carbonyl (C=O) groups excluding carboxylic acids is 1. The minimum absolute atomic E-state index is 0.0770. The van der Waals surface area contributed by atoms with E-state index < -0.39 is 0 Å². The van der Waals surface area contributed by atoms with Gasteiger partial charge in [0.05, 0.1) is 5.54 Å². The van der Waals surface area contributed by atoms with Gasteiger partial charge in [0.15, 0.2) is 0 Å². The molecule has 0 aromatic carbocycles. The number of nitrogens with zero attached hydrogens (tertiary/aromatic N) is 1. The molecule has 3 nitrogen and oxygen atoms in total. The van der Waals surface area contributed by atoms with Crippen molar-refractivity contribution in [2.75, 3.05) is 20.1 Å². The van der Waals surface area contributed by atoms with Gasteiger partial charge >= 0.3 is 0 Å². The summed E-state index contributed by atoms with van der Waals surface area (Å²) >= 11 is 0. The summed E-state index contributed by atoms with van der Waals surface area (Å²) in [6.45, 7) is 4.28. The van der Waals surface area contributed by atoms with Crippen LogP contribution >= 0.6 is 0 Å². The number of fused-ring (bicyclic) bond motifs is 1. The summed E-state index contributed by atoms with van der Waals surface area (Å²) in [5.74, 6) is 1.01. The first kappa shape index (κ1) is 9.00. The smallest absolute Gasteiger partial charge is 0.222 e. The first-order valence-electron chi connectivity index (χ1n) is 5.12. The standard InChI is InChI=1S/C10H18N2O/c1-10-7-11-6-5-8(10)3-4-9(13)12(10)2/h8,11H,3-7H2,1-2H3. The van der Waals surface area contributed by atoms with Gasteiger partial charge in [-0.25, -0.2) is 0 Å². The van der Waals surface area contributed by atoms with E-state index in [0.717, 1.165) is 25.9 Å². The van der Waals surface area contributed by atoms with E-state index in [4.69, 9.17) is 0 Å². The first-order chi connectivity index (χ1) is 6.14. The Morgan fingerprint density at radius 3 is 3.08 bits per heavy atom. The van der Waals surface area contributed by atoms with Gasteiger partial charge in [-0.05, 0) is 32.2 Å². The second-order valence-corrected chi connectivity index (χ2v) is 4.51. The third-order valence-corrected chi connectivity index (χ3v) is 3.88. The summed E-state index contributed by atoms with van der Waals surface area (Å²) < 4.78 is 0. The molecule has 0 bridgehead atoms. The lowest BCUT2D eigenvalue weighted by atomic mass is 9.74. The van der Waals surface area contributed by atoms with Crippen LogP contribution in [0.3, 0.4) is 0 Å². The van der Waals surface area contributed by atoms with Crippen LogP contribution in [0.5, 0.6) is 0 Å². The van der Waals surface area contributed by atoms with Crippen molar-refractivity contribution < 1.29 is 4.79 Å². The quantitative estimate of drug-likeness (QED) is 0.595. The van der Waals surface area contributed by atoms with Gasteiger partial charge in [0, 0.05) is 20.0 Å². The Hall–Kier alpha value is -0.570. The second-order valence-electron chi connectivity index (χ2n) is 4.51. The Morgan fingerprint density at radius 1 is 1.54 bits per heavy atom. The SMILES string of the molecule is CN1C(=O)CCC2CCNCC21C. The number of amides is 1. The van der Waals surface area contributed by atoms with Crippen molar-refractivity contribution in [3.8, 4) is 0 Å². The molecule has 2 unspecified atom stereocenters. The zero-order valence-electron chi connectivity index (χ0n) is 8.47. The van der Waals surface area contributed by atoms with Gasteiger partial charge in [0.1, 0.15) is 0 Å². The molecule has 2 aliphatic rings. The fourth-order valence-corrected chi connectivity index (χ4v) is 2.67. The second kappa shape index (κ2) is 2.98. The van der Waals surface area contributed by atoms with Gasteiger partial charge in [-0.2, -0.15) is 0 Å². The first-order valence-corrected chi connectivity index (χ1v) is 5.12. The Morgan fingerprint density at radius 2 is 2.31 bits per heavy atom. The number of hydrogen-bond acceptors (Lipinski definition) is 2. The normalized spacial score (nSPS) is 40.3. The lowest BCUT2D eigenvalue weighted by Gasteiger charge is -2.51. The molecular weight excluding hydrogens is 164 g/mol. The minimum Gasteiger partial charge on any atom is -0.339 e. The molecule has 0 saturated carbocycles. The van der Waals surface area contributed by atoms with Crippen LogP contribution in [0.25, 0.3) is 0 Å². The average Bonchev–Trinajstić information content (AvgIpc) is 2.13. The van der Waals surface area contributed by atoms with Crippen molar-refractivity contribution in [1.29, 1.82) is 0 Å². The predicted molar refractivity (Wildman–Crippen MR) is 51.4 cm³/mol. The summed E-state index contributed by atoms with van der Waals surface area (Å²) in [6, 6.07) is 0. The van der Waals surface area contributed by atoms with Crippen LogP contribution in [0.2, 0.25) is 0 Å². The monoisotopic (exact) mass is 182 g/mol. The fraction of sp³-hybridized carbons (Fsp3) is 0.900. The molecule has 1 amide bonds. The van der Waals surface area contributed by atoms with Crippen molar-refractivity contribution >= 4 is 5.91 Å². The molecular formula is C10H18N2O. The lowest BCUT2D eigenvalue weighted by Crippen LogP contribution is -2.63. The van der Waals surface area contributed by atoms with E-state index in [0.29, 0.717) is 11.8 Å². The van der Waals surface area contributed by atoms with E-state index in [1.807, 2.05) is 11.9 Å². The summed E-state index contributed by atoms with van der Waals surface area (Å²) in [6.07, 6.45) is 3.05. The van der Waals surface area contributed by atoms with Gasteiger partial charge in [-0.15, -0.1) is 0 Å². The highest BCUT2D eigenvalue weighted by atomic mass is 16.2. The number of hydrogen-bond donors (Lipinski definition) is 1. The zero-order valence-corrected chi connectivity index (χ0v) is 8.47. The molecule has 2 saturated heterocycles. The maximum atomic E-state index is 11.6. The molecule has 1 N–H and O–H groups in total. The van der Waals surface area contributed by atoms with E-state index in [2.05, 4.69) is 12.2 Å². The van der Waals surface area contributed by atoms with Crippen LogP contribution in [-0.2, 0) is 4.79 Å². The summed E-state index contributed by atoms with van der Waals surface area (Å²) in [7, 11) is 1.95. The Balaban J connectivity index is 2.22.